The number of imidazole rings is 1. The molecule has 1 unspecified atom stereocenters. The lowest BCUT2D eigenvalue weighted by Gasteiger charge is -2.20. The Balaban J connectivity index is 1.70. The van der Waals surface area contributed by atoms with E-state index in [1.807, 2.05) is 4.57 Å². The Morgan fingerprint density at radius 1 is 1.32 bits per heavy atom. The van der Waals surface area contributed by atoms with Gasteiger partial charge in [0.2, 0.25) is 0 Å². The number of anilines is 1. The van der Waals surface area contributed by atoms with Gasteiger partial charge in [0.15, 0.2) is 11.2 Å². The maximum Gasteiger partial charge on any atom is 0.417 e. The van der Waals surface area contributed by atoms with Crippen LogP contribution in [0, 0.1) is 6.92 Å². The summed E-state index contributed by atoms with van der Waals surface area (Å²) in [6, 6.07) is -0.0220. The molecule has 1 aromatic carbocycles. The first kappa shape index (κ1) is 23.0. The Bertz CT molecular complexity index is 1410. The van der Waals surface area contributed by atoms with Gasteiger partial charge in [0, 0.05) is 38.9 Å². The third-order valence-electron chi connectivity index (χ3n) is 6.27. The minimum atomic E-state index is -4.58. The van der Waals surface area contributed by atoms with Crippen LogP contribution in [0.25, 0.3) is 10.9 Å². The number of alkyl halides is 3. The first-order chi connectivity index (χ1) is 16.0. The second-order valence-corrected chi connectivity index (χ2v) is 10.6. The Morgan fingerprint density at radius 3 is 2.76 bits per heavy atom. The number of aryl methyl sites for hydroxylation is 1. The topological polar surface area (TPSA) is 77.6 Å². The number of aromatic nitrogens is 5. The molecule has 12 heteroatoms. The molecule has 1 aliphatic heterocycles. The molecule has 1 amide bonds. The summed E-state index contributed by atoms with van der Waals surface area (Å²) >= 11 is 4.46. The van der Waals surface area contributed by atoms with Crippen molar-refractivity contribution < 1.29 is 18.0 Å². The molecule has 0 fully saturated rings. The lowest BCUT2D eigenvalue weighted by Crippen LogP contribution is -2.28. The summed E-state index contributed by atoms with van der Waals surface area (Å²) in [5.74, 6) is -0.473. The molecule has 0 saturated carbocycles. The van der Waals surface area contributed by atoms with Crippen molar-refractivity contribution in [2.45, 2.75) is 51.4 Å². The van der Waals surface area contributed by atoms with Gasteiger partial charge in [0.05, 0.1) is 23.1 Å². The number of amides is 1. The highest BCUT2D eigenvalue weighted by molar-refractivity contribution is 9.10. The smallest absolute Gasteiger partial charge is 0.329 e. The molecule has 0 bridgehead atoms. The lowest BCUT2D eigenvalue weighted by atomic mass is 10.0. The van der Waals surface area contributed by atoms with Crippen molar-refractivity contribution in [1.82, 2.24) is 24.3 Å². The van der Waals surface area contributed by atoms with Crippen molar-refractivity contribution >= 4 is 49.2 Å². The van der Waals surface area contributed by atoms with Crippen LogP contribution >= 0.6 is 27.3 Å². The number of fused-ring (bicyclic) bond motifs is 2. The van der Waals surface area contributed by atoms with Gasteiger partial charge in [-0.2, -0.15) is 18.3 Å². The van der Waals surface area contributed by atoms with E-state index in [-0.39, 0.29) is 16.4 Å². The van der Waals surface area contributed by atoms with Gasteiger partial charge in [-0.1, -0.05) is 15.9 Å². The third kappa shape index (κ3) is 3.72. The number of nitrogens with zero attached hydrogens (tertiary/aromatic N) is 5. The molecule has 1 N–H and O–H groups in total. The highest BCUT2D eigenvalue weighted by Crippen LogP contribution is 2.40. The molecule has 0 spiro atoms. The second kappa shape index (κ2) is 7.91. The fourth-order valence-corrected chi connectivity index (χ4v) is 5.37. The molecule has 4 heterocycles. The van der Waals surface area contributed by atoms with E-state index in [9.17, 15) is 18.0 Å². The number of nitrogens with one attached hydrogen (secondary N) is 1. The van der Waals surface area contributed by atoms with Crippen molar-refractivity contribution in [3.63, 3.8) is 0 Å². The zero-order valence-electron chi connectivity index (χ0n) is 18.4. The molecule has 0 saturated heterocycles. The molecular formula is C22H20BrF3N6OS. The quantitative estimate of drug-likeness (QED) is 0.353. The van der Waals surface area contributed by atoms with E-state index in [4.69, 9.17) is 0 Å². The summed E-state index contributed by atoms with van der Waals surface area (Å²) in [5.41, 5.74) is 1.08. The van der Waals surface area contributed by atoms with E-state index < -0.39 is 23.7 Å². The van der Waals surface area contributed by atoms with E-state index in [2.05, 4.69) is 50.2 Å². The maximum absolute atomic E-state index is 13.8. The van der Waals surface area contributed by atoms with Gasteiger partial charge in [0.25, 0.3) is 5.91 Å². The molecule has 1 aliphatic rings. The number of halogens is 4. The average Bonchev–Trinajstić information content (AvgIpc) is 3.52. The van der Waals surface area contributed by atoms with Crippen molar-refractivity contribution in [2.75, 3.05) is 5.32 Å². The minimum absolute atomic E-state index is 0.0727. The molecule has 7 nitrogen and oxygen atoms in total. The largest absolute Gasteiger partial charge is 0.417 e. The van der Waals surface area contributed by atoms with Crippen LogP contribution in [0.4, 0.5) is 18.3 Å². The predicted octanol–water partition coefficient (Wildman–Crippen LogP) is 5.69. The Labute approximate surface area is 205 Å². The number of thiazole rings is 1. The van der Waals surface area contributed by atoms with Gasteiger partial charge in [-0.3, -0.25) is 14.8 Å². The molecule has 5 rings (SSSR count). The zero-order chi connectivity index (χ0) is 24.4. The maximum atomic E-state index is 13.8. The highest BCUT2D eigenvalue weighted by atomic mass is 79.9. The van der Waals surface area contributed by atoms with Crippen molar-refractivity contribution in [3.05, 3.63) is 57.2 Å². The lowest BCUT2D eigenvalue weighted by molar-refractivity contribution is -0.136. The van der Waals surface area contributed by atoms with Gasteiger partial charge in [-0.05, 0) is 45.2 Å². The molecular weight excluding hydrogens is 533 g/mol. The van der Waals surface area contributed by atoms with E-state index in [1.54, 1.807) is 24.8 Å². The first-order valence-corrected chi connectivity index (χ1v) is 12.2. The van der Waals surface area contributed by atoms with Crippen LogP contribution in [0.3, 0.4) is 0 Å². The van der Waals surface area contributed by atoms with Gasteiger partial charge >= 0.3 is 6.18 Å². The number of hydrogen-bond donors (Lipinski definition) is 1. The van der Waals surface area contributed by atoms with Crippen LogP contribution < -0.4 is 5.32 Å². The number of benzene rings is 1. The summed E-state index contributed by atoms with van der Waals surface area (Å²) in [5, 5.41) is 9.27. The van der Waals surface area contributed by atoms with Crippen LogP contribution in [0.1, 0.15) is 48.8 Å². The van der Waals surface area contributed by atoms with E-state index >= 15 is 0 Å². The molecule has 34 heavy (non-hydrogen) atoms. The second-order valence-electron chi connectivity index (χ2n) is 8.89. The number of carbonyl (C=O) groups is 1. The van der Waals surface area contributed by atoms with Crippen LogP contribution in [0.15, 0.2) is 34.6 Å². The standard InChI is InChI=1S/C22H20BrF3N6OS/c1-11-14(23)8-13(22(24,25)26)12-9-32(30-16(11)12)18(19(33)29-20-27-6-7-34-20)17-15-4-5-21(2,3)31(15)10-28-17/h6-10,18H,4-5H2,1-3H3,(H,27,29,33). The summed E-state index contributed by atoms with van der Waals surface area (Å²) in [6.07, 6.45) is 1.51. The van der Waals surface area contributed by atoms with Crippen molar-refractivity contribution in [1.29, 1.82) is 0 Å². The van der Waals surface area contributed by atoms with E-state index in [0.717, 1.165) is 18.2 Å². The number of carbonyl (C=O) groups excluding carboxylic acids is 1. The van der Waals surface area contributed by atoms with Crippen molar-refractivity contribution in [2.24, 2.45) is 0 Å². The van der Waals surface area contributed by atoms with Crippen LogP contribution in [-0.4, -0.2) is 30.2 Å². The number of rotatable bonds is 4. The van der Waals surface area contributed by atoms with Crippen molar-refractivity contribution in [3.8, 4) is 0 Å². The predicted molar refractivity (Wildman–Crippen MR) is 126 cm³/mol. The zero-order valence-corrected chi connectivity index (χ0v) is 20.8. The summed E-state index contributed by atoms with van der Waals surface area (Å²) in [6.45, 7) is 5.85. The number of hydrogen-bond acceptors (Lipinski definition) is 5. The highest BCUT2D eigenvalue weighted by Gasteiger charge is 2.39. The molecule has 178 valence electrons. The Hall–Kier alpha value is -2.73. The van der Waals surface area contributed by atoms with E-state index in [0.29, 0.717) is 27.3 Å². The SMILES string of the molecule is Cc1c(Br)cc(C(F)(F)F)c2cn(C(C(=O)Nc3nccs3)c3ncn4c3CCC4(C)C)nc12. The summed E-state index contributed by atoms with van der Waals surface area (Å²) < 4.78 is 45.1. The van der Waals surface area contributed by atoms with Crippen LogP contribution in [0.5, 0.6) is 0 Å². The Kier molecular flexibility index (Phi) is 5.36. The summed E-state index contributed by atoms with van der Waals surface area (Å²) in [7, 11) is 0. The molecule has 3 aromatic heterocycles. The van der Waals surface area contributed by atoms with E-state index in [1.165, 1.54) is 22.2 Å². The molecule has 1 atom stereocenters. The van der Waals surface area contributed by atoms with Gasteiger partial charge in [-0.15, -0.1) is 11.3 Å². The van der Waals surface area contributed by atoms with Crippen LogP contribution in [0.2, 0.25) is 0 Å². The van der Waals surface area contributed by atoms with Gasteiger partial charge in [-0.25, -0.2) is 9.97 Å². The summed E-state index contributed by atoms with van der Waals surface area (Å²) in [4.78, 5) is 22.1. The van der Waals surface area contributed by atoms with Gasteiger partial charge in [0.1, 0.15) is 0 Å². The van der Waals surface area contributed by atoms with Gasteiger partial charge < -0.3 is 4.57 Å². The fraction of sp³-hybridized carbons (Fsp3) is 0.364. The Morgan fingerprint density at radius 2 is 2.09 bits per heavy atom. The molecule has 4 aromatic rings. The average molecular weight is 553 g/mol. The monoisotopic (exact) mass is 552 g/mol. The third-order valence-corrected chi connectivity index (χ3v) is 7.78. The molecule has 0 radical (unpaired) electrons. The fourth-order valence-electron chi connectivity index (χ4n) is 4.42. The molecule has 0 aliphatic carbocycles. The normalized spacial score (nSPS) is 16.1. The van der Waals surface area contributed by atoms with Crippen LogP contribution in [-0.2, 0) is 22.9 Å². The first-order valence-electron chi connectivity index (χ1n) is 10.5. The minimum Gasteiger partial charge on any atom is -0.329 e.